The number of thioether (sulfide) groups is 1. The van der Waals surface area contributed by atoms with Crippen molar-refractivity contribution in [2.24, 2.45) is 0 Å². The van der Waals surface area contributed by atoms with E-state index in [4.69, 9.17) is 0 Å². The molecule has 0 aliphatic carbocycles. The van der Waals surface area contributed by atoms with E-state index in [1.807, 2.05) is 12.5 Å². The largest absolute Gasteiger partial charge is 0.388 e. The molecule has 0 N–H and O–H groups in total. The van der Waals surface area contributed by atoms with E-state index in [1.165, 1.54) is 13.8 Å². The summed E-state index contributed by atoms with van der Waals surface area (Å²) < 4.78 is 4.25. The standard InChI is InChI=1S/C3H6O.C2H6O.C2H6S.2CH4/c1-3(2)4;2*1-3-2;;/h1-2H3;2*1-2H3;2*1H4. The van der Waals surface area contributed by atoms with Gasteiger partial charge in [-0.1, -0.05) is 14.9 Å². The van der Waals surface area contributed by atoms with E-state index in [1.54, 1.807) is 26.0 Å². The van der Waals surface area contributed by atoms with Crippen molar-refractivity contribution >= 4 is 17.5 Å². The Bertz CT molecular complexity index is 50.5. The Morgan fingerprint density at radius 1 is 1.08 bits per heavy atom. The molecule has 12 heavy (non-hydrogen) atoms. The van der Waals surface area contributed by atoms with Crippen molar-refractivity contribution in [1.29, 1.82) is 0 Å². The first-order valence-electron chi connectivity index (χ1n) is 2.84. The fourth-order valence-electron chi connectivity index (χ4n) is 0. The maximum Gasteiger partial charge on any atom is 0.126 e. The lowest BCUT2D eigenvalue weighted by Crippen LogP contribution is -1.69. The zero-order valence-electron chi connectivity index (χ0n) is 7.72. The van der Waals surface area contributed by atoms with Crippen molar-refractivity contribution in [2.45, 2.75) is 28.7 Å². The zero-order valence-corrected chi connectivity index (χ0v) is 8.54. The first-order chi connectivity index (χ1) is 4.56. The van der Waals surface area contributed by atoms with Gasteiger partial charge < -0.3 is 9.53 Å². The fraction of sp³-hybridized carbons (Fsp3) is 0.889. The molecule has 0 atom stereocenters. The SMILES string of the molecule is C.C.CC(C)=O.COC.CSC. The predicted octanol–water partition coefficient (Wildman–Crippen LogP) is 3.11. The molecule has 0 saturated heterocycles. The topological polar surface area (TPSA) is 26.3 Å². The third kappa shape index (κ3) is 2010000. The highest BCUT2D eigenvalue weighted by Gasteiger charge is 1.62. The molecular formula is C9H26O2S. The molecule has 0 heterocycles. The number of carbonyl (C=O) groups excluding carboxylic acids is 1. The molecule has 0 unspecified atom stereocenters. The number of rotatable bonds is 0. The summed E-state index contributed by atoms with van der Waals surface area (Å²) in [5.41, 5.74) is 0. The van der Waals surface area contributed by atoms with Gasteiger partial charge in [0.05, 0.1) is 0 Å². The average molecular weight is 198 g/mol. The second kappa shape index (κ2) is 44.1. The van der Waals surface area contributed by atoms with Crippen molar-refractivity contribution in [3.05, 3.63) is 0 Å². The second-order valence-electron chi connectivity index (χ2n) is 1.72. The van der Waals surface area contributed by atoms with E-state index in [9.17, 15) is 4.79 Å². The molecule has 3 heteroatoms. The highest BCUT2D eigenvalue weighted by atomic mass is 32.2. The molecule has 0 aromatic rings. The summed E-state index contributed by atoms with van der Waals surface area (Å²) >= 11 is 1.75. The van der Waals surface area contributed by atoms with Crippen molar-refractivity contribution in [1.82, 2.24) is 0 Å². The normalized spacial score (nSPS) is 5.17. The van der Waals surface area contributed by atoms with Gasteiger partial charge in [0.1, 0.15) is 5.78 Å². The van der Waals surface area contributed by atoms with Crippen LogP contribution in [0, 0.1) is 0 Å². The highest BCUT2D eigenvalue weighted by Crippen LogP contribution is 1.70. The van der Waals surface area contributed by atoms with Crippen LogP contribution in [0.25, 0.3) is 0 Å². The van der Waals surface area contributed by atoms with Gasteiger partial charge in [-0.15, -0.1) is 0 Å². The van der Waals surface area contributed by atoms with Crippen LogP contribution in [-0.2, 0) is 9.53 Å². The lowest BCUT2D eigenvalue weighted by molar-refractivity contribution is -0.114. The highest BCUT2D eigenvalue weighted by molar-refractivity contribution is 7.97. The number of Topliss-reactive ketones (excluding diaryl/α,β-unsaturated/α-hetero) is 1. The van der Waals surface area contributed by atoms with E-state index in [0.717, 1.165) is 0 Å². The Morgan fingerprint density at radius 2 is 1.08 bits per heavy atom. The van der Waals surface area contributed by atoms with Gasteiger partial charge in [0.15, 0.2) is 0 Å². The molecule has 0 saturated carbocycles. The van der Waals surface area contributed by atoms with Gasteiger partial charge in [-0.3, -0.25) is 0 Å². The van der Waals surface area contributed by atoms with Crippen LogP contribution in [0.2, 0.25) is 0 Å². The van der Waals surface area contributed by atoms with Crippen LogP contribution in [0.3, 0.4) is 0 Å². The zero-order chi connectivity index (χ0) is 8.99. The molecule has 0 aromatic carbocycles. The molecule has 0 aliphatic rings. The summed E-state index contributed by atoms with van der Waals surface area (Å²) in [6.45, 7) is 3.06. The maximum absolute atomic E-state index is 9.44. The summed E-state index contributed by atoms with van der Waals surface area (Å²) in [7, 11) is 3.25. The van der Waals surface area contributed by atoms with Crippen LogP contribution in [0.4, 0.5) is 0 Å². The van der Waals surface area contributed by atoms with Crippen molar-refractivity contribution in [3.63, 3.8) is 0 Å². The maximum atomic E-state index is 9.44. The van der Waals surface area contributed by atoms with Crippen LogP contribution >= 0.6 is 11.8 Å². The molecular weight excluding hydrogens is 172 g/mol. The van der Waals surface area contributed by atoms with E-state index >= 15 is 0 Å². The molecule has 0 aromatic heterocycles. The summed E-state index contributed by atoms with van der Waals surface area (Å²) in [5.74, 6) is 0.167. The summed E-state index contributed by atoms with van der Waals surface area (Å²) in [4.78, 5) is 9.44. The lowest BCUT2D eigenvalue weighted by atomic mass is 10.6. The number of methoxy groups -OCH3 is 1. The average Bonchev–Trinajstić information content (AvgIpc) is 1.65. The van der Waals surface area contributed by atoms with Gasteiger partial charge >= 0.3 is 0 Å². The molecule has 0 spiro atoms. The van der Waals surface area contributed by atoms with Crippen LogP contribution in [0.5, 0.6) is 0 Å². The first-order valence-corrected chi connectivity index (χ1v) is 4.47. The number of ketones is 1. The lowest BCUT2D eigenvalue weighted by Gasteiger charge is -1.61. The van der Waals surface area contributed by atoms with E-state index < -0.39 is 0 Å². The van der Waals surface area contributed by atoms with Gasteiger partial charge in [0.25, 0.3) is 0 Å². The molecule has 0 radical (unpaired) electrons. The number of carbonyl (C=O) groups is 1. The van der Waals surface area contributed by atoms with Gasteiger partial charge in [-0.05, 0) is 26.4 Å². The Hall–Kier alpha value is -0.0200. The van der Waals surface area contributed by atoms with Crippen LogP contribution in [-0.4, -0.2) is 32.5 Å². The number of ether oxygens (including phenoxy) is 1. The number of hydrogen-bond acceptors (Lipinski definition) is 3. The fourth-order valence-corrected chi connectivity index (χ4v) is 0. The summed E-state index contributed by atoms with van der Waals surface area (Å²) in [5, 5.41) is 0. The van der Waals surface area contributed by atoms with Gasteiger partial charge in [0.2, 0.25) is 0 Å². The van der Waals surface area contributed by atoms with Crippen molar-refractivity contribution < 1.29 is 9.53 Å². The summed E-state index contributed by atoms with van der Waals surface area (Å²) in [6, 6.07) is 0. The molecule has 0 aliphatic heterocycles. The minimum absolute atomic E-state index is 0. The molecule has 0 rings (SSSR count). The Balaban J connectivity index is -0.0000000191. The van der Waals surface area contributed by atoms with Crippen LogP contribution < -0.4 is 0 Å². The predicted molar refractivity (Wildman–Crippen MR) is 62.2 cm³/mol. The van der Waals surface area contributed by atoms with Gasteiger partial charge in [-0.25, -0.2) is 0 Å². The molecule has 2 nitrogen and oxygen atoms in total. The third-order valence-electron chi connectivity index (χ3n) is 0. The van der Waals surface area contributed by atoms with E-state index in [0.29, 0.717) is 0 Å². The smallest absolute Gasteiger partial charge is 0.126 e. The minimum Gasteiger partial charge on any atom is -0.388 e. The first kappa shape index (κ1) is 29.6. The van der Waals surface area contributed by atoms with Crippen LogP contribution in [0.15, 0.2) is 0 Å². The van der Waals surface area contributed by atoms with E-state index in [-0.39, 0.29) is 20.6 Å². The molecule has 0 amide bonds. The van der Waals surface area contributed by atoms with Crippen LogP contribution in [0.1, 0.15) is 28.7 Å². The monoisotopic (exact) mass is 198 g/mol. The van der Waals surface area contributed by atoms with Crippen molar-refractivity contribution in [3.8, 4) is 0 Å². The van der Waals surface area contributed by atoms with Gasteiger partial charge in [-0.2, -0.15) is 11.8 Å². The summed E-state index contributed by atoms with van der Waals surface area (Å²) in [6.07, 6.45) is 4.08. The van der Waals surface area contributed by atoms with Crippen molar-refractivity contribution in [2.75, 3.05) is 26.7 Å². The molecule has 0 fully saturated rings. The molecule has 80 valence electrons. The Labute approximate surface area is 83.1 Å². The van der Waals surface area contributed by atoms with E-state index in [2.05, 4.69) is 4.74 Å². The molecule has 0 bridgehead atoms. The third-order valence-corrected chi connectivity index (χ3v) is 0. The Morgan fingerprint density at radius 3 is 1.08 bits per heavy atom. The minimum atomic E-state index is 0. The van der Waals surface area contributed by atoms with Gasteiger partial charge in [0, 0.05) is 14.2 Å². The second-order valence-corrected chi connectivity index (χ2v) is 2.54. The quantitative estimate of drug-likeness (QED) is 0.598. The number of hydrogen-bond donors (Lipinski definition) is 0. The Kier molecular flexibility index (Phi) is 109.